The van der Waals surface area contributed by atoms with Crippen molar-refractivity contribution in [3.05, 3.63) is 57.8 Å². The number of fused-ring (bicyclic) bond motifs is 2. The number of phenolic OH excluding ortho intramolecular Hbond substituents is 2. The molecule has 4 nitrogen and oxygen atoms in total. The molecular weight excluding hydrogens is 280 g/mol. The van der Waals surface area contributed by atoms with Gasteiger partial charge in [0.05, 0.1) is 5.39 Å². The topological polar surface area (TPSA) is 70.7 Å². The third-order valence-corrected chi connectivity index (χ3v) is 3.63. The van der Waals surface area contributed by atoms with E-state index in [0.717, 1.165) is 5.57 Å². The molecule has 2 aromatic carbocycles. The zero-order chi connectivity index (χ0) is 15.9. The maximum Gasteiger partial charge on any atom is 0.204 e. The van der Waals surface area contributed by atoms with Crippen LogP contribution in [0.15, 0.2) is 51.2 Å². The number of hydrogen-bond donors (Lipinski definition) is 2. The Morgan fingerprint density at radius 3 is 2.68 bits per heavy atom. The van der Waals surface area contributed by atoms with Gasteiger partial charge in [-0.05, 0) is 38.5 Å². The molecule has 112 valence electrons. The van der Waals surface area contributed by atoms with Gasteiger partial charge in [-0.1, -0.05) is 23.8 Å². The molecule has 0 atom stereocenters. The summed E-state index contributed by atoms with van der Waals surface area (Å²) in [5, 5.41) is 20.6. The van der Waals surface area contributed by atoms with Crippen LogP contribution in [-0.2, 0) is 6.42 Å². The van der Waals surface area contributed by atoms with E-state index in [-0.39, 0.29) is 38.9 Å². The van der Waals surface area contributed by atoms with Crippen LogP contribution in [0.25, 0.3) is 21.9 Å². The molecule has 0 saturated heterocycles. The Morgan fingerprint density at radius 1 is 1.18 bits per heavy atom. The third-order valence-electron chi connectivity index (χ3n) is 3.63. The second-order valence-corrected chi connectivity index (χ2v) is 5.52. The summed E-state index contributed by atoms with van der Waals surface area (Å²) in [7, 11) is 0. The Hall–Kier alpha value is -2.75. The molecule has 0 saturated carbocycles. The molecule has 0 unspecified atom stereocenters. The van der Waals surface area contributed by atoms with E-state index in [1.807, 2.05) is 19.9 Å². The highest BCUT2D eigenvalue weighted by atomic mass is 16.4. The van der Waals surface area contributed by atoms with Gasteiger partial charge in [-0.3, -0.25) is 4.79 Å². The van der Waals surface area contributed by atoms with Gasteiger partial charge < -0.3 is 14.6 Å². The maximum atomic E-state index is 12.5. The lowest BCUT2D eigenvalue weighted by atomic mass is 10.0. The van der Waals surface area contributed by atoms with Gasteiger partial charge >= 0.3 is 0 Å². The monoisotopic (exact) mass is 296 g/mol. The van der Waals surface area contributed by atoms with Crippen LogP contribution in [0.5, 0.6) is 11.5 Å². The van der Waals surface area contributed by atoms with E-state index in [0.29, 0.717) is 12.0 Å². The van der Waals surface area contributed by atoms with Crippen molar-refractivity contribution < 1.29 is 14.6 Å². The van der Waals surface area contributed by atoms with Crippen molar-refractivity contribution in [2.24, 2.45) is 0 Å². The van der Waals surface area contributed by atoms with Crippen molar-refractivity contribution in [2.75, 3.05) is 0 Å². The number of aromatic hydroxyl groups is 2. The average Bonchev–Trinajstić information content (AvgIpc) is 2.47. The van der Waals surface area contributed by atoms with Gasteiger partial charge in [0.15, 0.2) is 11.3 Å². The van der Waals surface area contributed by atoms with Gasteiger partial charge in [0.25, 0.3) is 0 Å². The second-order valence-electron chi connectivity index (χ2n) is 5.52. The van der Waals surface area contributed by atoms with E-state index in [2.05, 4.69) is 0 Å². The summed E-state index contributed by atoms with van der Waals surface area (Å²) in [4.78, 5) is 12.5. The van der Waals surface area contributed by atoms with Crippen molar-refractivity contribution in [1.29, 1.82) is 0 Å². The fourth-order valence-electron chi connectivity index (χ4n) is 2.45. The zero-order valence-corrected chi connectivity index (χ0v) is 12.4. The van der Waals surface area contributed by atoms with Gasteiger partial charge in [-0.2, -0.15) is 0 Å². The molecule has 0 amide bonds. The quantitative estimate of drug-likeness (QED) is 0.556. The molecule has 3 aromatic rings. The van der Waals surface area contributed by atoms with E-state index in [9.17, 15) is 15.0 Å². The predicted octanol–water partition coefficient (Wildman–Crippen LogP) is 3.87. The fraction of sp³-hybridized carbons (Fsp3) is 0.167. The lowest BCUT2D eigenvalue weighted by Crippen LogP contribution is -2.03. The van der Waals surface area contributed by atoms with E-state index in [1.165, 1.54) is 6.07 Å². The molecule has 1 heterocycles. The molecule has 4 heteroatoms. The molecule has 3 rings (SSSR count). The SMILES string of the molecule is CC(C)=CCc1ccc2c(=O)c3c(O)cccc3oc2c1O. The maximum absolute atomic E-state index is 12.5. The molecule has 1 aromatic heterocycles. The Balaban J connectivity index is 2.34. The number of rotatable bonds is 2. The van der Waals surface area contributed by atoms with Gasteiger partial charge in [0.1, 0.15) is 16.7 Å². The van der Waals surface area contributed by atoms with E-state index in [1.54, 1.807) is 24.3 Å². The molecule has 0 fully saturated rings. The highest BCUT2D eigenvalue weighted by molar-refractivity contribution is 5.95. The minimum Gasteiger partial charge on any atom is -0.507 e. The highest BCUT2D eigenvalue weighted by Gasteiger charge is 2.15. The smallest absolute Gasteiger partial charge is 0.204 e. The predicted molar refractivity (Wildman–Crippen MR) is 86.5 cm³/mol. The van der Waals surface area contributed by atoms with E-state index < -0.39 is 0 Å². The number of phenols is 2. The Morgan fingerprint density at radius 2 is 1.95 bits per heavy atom. The Bertz CT molecular complexity index is 960. The van der Waals surface area contributed by atoms with E-state index >= 15 is 0 Å². The van der Waals surface area contributed by atoms with Crippen LogP contribution in [-0.4, -0.2) is 10.2 Å². The van der Waals surface area contributed by atoms with Crippen LogP contribution in [0.4, 0.5) is 0 Å². The molecule has 22 heavy (non-hydrogen) atoms. The molecule has 0 bridgehead atoms. The lowest BCUT2D eigenvalue weighted by molar-refractivity contribution is 0.461. The normalized spacial score (nSPS) is 11.0. The highest BCUT2D eigenvalue weighted by Crippen LogP contribution is 2.32. The fourth-order valence-corrected chi connectivity index (χ4v) is 2.45. The minimum atomic E-state index is -0.349. The molecule has 0 aliphatic carbocycles. The third kappa shape index (κ3) is 2.22. The van der Waals surface area contributed by atoms with Crippen LogP contribution in [0.3, 0.4) is 0 Å². The number of hydrogen-bond acceptors (Lipinski definition) is 4. The van der Waals surface area contributed by atoms with Crippen molar-refractivity contribution in [1.82, 2.24) is 0 Å². The molecule has 0 spiro atoms. The van der Waals surface area contributed by atoms with E-state index in [4.69, 9.17) is 4.42 Å². The van der Waals surface area contributed by atoms with Crippen molar-refractivity contribution >= 4 is 21.9 Å². The summed E-state index contributed by atoms with van der Waals surface area (Å²) >= 11 is 0. The molecule has 0 radical (unpaired) electrons. The van der Waals surface area contributed by atoms with Crippen LogP contribution in [0, 0.1) is 0 Å². The first kappa shape index (κ1) is 14.2. The average molecular weight is 296 g/mol. The second kappa shape index (κ2) is 5.22. The number of allylic oxidation sites excluding steroid dienone is 2. The van der Waals surface area contributed by atoms with Crippen LogP contribution in [0.1, 0.15) is 19.4 Å². The van der Waals surface area contributed by atoms with Crippen LogP contribution >= 0.6 is 0 Å². The van der Waals surface area contributed by atoms with Gasteiger partial charge in [-0.25, -0.2) is 0 Å². The molecular formula is C18H16O4. The van der Waals surface area contributed by atoms with Gasteiger partial charge in [0, 0.05) is 5.56 Å². The summed E-state index contributed by atoms with van der Waals surface area (Å²) in [6.07, 6.45) is 2.55. The summed E-state index contributed by atoms with van der Waals surface area (Å²) in [6.45, 7) is 3.96. The molecule has 0 aliphatic heterocycles. The van der Waals surface area contributed by atoms with Gasteiger partial charge in [-0.15, -0.1) is 0 Å². The Kier molecular flexibility index (Phi) is 3.37. The molecule has 2 N–H and O–H groups in total. The first-order valence-electron chi connectivity index (χ1n) is 7.01. The first-order valence-corrected chi connectivity index (χ1v) is 7.01. The summed E-state index contributed by atoms with van der Waals surface area (Å²) in [5.41, 5.74) is 1.90. The van der Waals surface area contributed by atoms with Crippen LogP contribution in [0.2, 0.25) is 0 Å². The molecule has 0 aliphatic rings. The summed E-state index contributed by atoms with van der Waals surface area (Å²) in [5.74, 6) is -0.154. The summed E-state index contributed by atoms with van der Waals surface area (Å²) < 4.78 is 5.66. The largest absolute Gasteiger partial charge is 0.507 e. The standard InChI is InChI=1S/C18H16O4/c1-10(2)6-7-11-8-9-12-17(21)15-13(19)4-3-5-14(15)22-18(12)16(11)20/h3-6,8-9,19-20H,7H2,1-2H3. The first-order chi connectivity index (χ1) is 10.5. The number of benzene rings is 2. The minimum absolute atomic E-state index is 0.0302. The van der Waals surface area contributed by atoms with Crippen molar-refractivity contribution in [3.8, 4) is 11.5 Å². The van der Waals surface area contributed by atoms with Gasteiger partial charge in [0.2, 0.25) is 5.43 Å². The van der Waals surface area contributed by atoms with Crippen LogP contribution < -0.4 is 5.43 Å². The summed E-state index contributed by atoms with van der Waals surface area (Å²) in [6, 6.07) is 7.96. The Labute approximate surface area is 126 Å². The van der Waals surface area contributed by atoms with Crippen molar-refractivity contribution in [3.63, 3.8) is 0 Å². The van der Waals surface area contributed by atoms with Crippen molar-refractivity contribution in [2.45, 2.75) is 20.3 Å². The lowest BCUT2D eigenvalue weighted by Gasteiger charge is -2.07. The zero-order valence-electron chi connectivity index (χ0n) is 12.4.